The Morgan fingerprint density at radius 3 is 3.10 bits per heavy atom. The second kappa shape index (κ2) is 6.31. The van der Waals surface area contributed by atoms with Gasteiger partial charge in [-0.25, -0.2) is 0 Å². The number of nitrogens with zero attached hydrogens (tertiary/aromatic N) is 2. The highest BCUT2D eigenvalue weighted by molar-refractivity contribution is 8.01. The number of ether oxygens (including phenoxy) is 2. The van der Waals surface area contributed by atoms with Crippen LogP contribution in [0.5, 0.6) is 11.5 Å². The molecule has 21 heavy (non-hydrogen) atoms. The van der Waals surface area contributed by atoms with Crippen LogP contribution in [0, 0.1) is 0 Å². The number of carbonyl (C=O) groups is 1. The summed E-state index contributed by atoms with van der Waals surface area (Å²) in [5.74, 6) is 1.99. The van der Waals surface area contributed by atoms with E-state index in [1.807, 2.05) is 0 Å². The van der Waals surface area contributed by atoms with Crippen LogP contribution in [0.3, 0.4) is 0 Å². The third-order valence-corrected chi connectivity index (χ3v) is 4.87. The van der Waals surface area contributed by atoms with Crippen LogP contribution >= 0.6 is 23.1 Å². The van der Waals surface area contributed by atoms with E-state index in [2.05, 4.69) is 22.4 Å². The minimum atomic E-state index is -0.239. The predicted octanol–water partition coefficient (Wildman–Crippen LogP) is 3.02. The molecule has 0 radical (unpaired) electrons. The highest BCUT2D eigenvalue weighted by Gasteiger charge is 2.17. The van der Waals surface area contributed by atoms with E-state index >= 15 is 0 Å². The molecule has 0 saturated carbocycles. The first-order valence-corrected chi connectivity index (χ1v) is 8.24. The molecule has 3 rings (SSSR count). The molecule has 0 aliphatic carbocycles. The number of aromatic nitrogens is 2. The molecule has 2 aromatic rings. The zero-order valence-corrected chi connectivity index (χ0v) is 12.9. The lowest BCUT2D eigenvalue weighted by Crippen LogP contribution is -2.11. The van der Waals surface area contributed by atoms with Crippen molar-refractivity contribution in [1.29, 1.82) is 0 Å². The highest BCUT2D eigenvalue weighted by atomic mass is 32.2. The number of benzene rings is 1. The Bertz CT molecular complexity index is 660. The third-order valence-electron chi connectivity index (χ3n) is 2.69. The molecule has 110 valence electrons. The van der Waals surface area contributed by atoms with Gasteiger partial charge >= 0.3 is 0 Å². The van der Waals surface area contributed by atoms with E-state index in [1.54, 1.807) is 30.0 Å². The van der Waals surface area contributed by atoms with Gasteiger partial charge in [-0.1, -0.05) is 30.0 Å². The van der Waals surface area contributed by atoms with Crippen LogP contribution in [-0.4, -0.2) is 28.7 Å². The van der Waals surface area contributed by atoms with Crippen molar-refractivity contribution in [2.75, 3.05) is 17.9 Å². The summed E-state index contributed by atoms with van der Waals surface area (Å²) in [6.45, 7) is 2.30. The van der Waals surface area contributed by atoms with Gasteiger partial charge < -0.3 is 9.47 Å². The van der Waals surface area contributed by atoms with Gasteiger partial charge in [-0.05, 0) is 24.6 Å². The zero-order chi connectivity index (χ0) is 14.7. The van der Waals surface area contributed by atoms with Gasteiger partial charge in [0.15, 0.2) is 15.8 Å². The molecule has 8 heteroatoms. The Labute approximate surface area is 129 Å². The maximum absolute atomic E-state index is 12.2. The summed E-state index contributed by atoms with van der Waals surface area (Å²) in [5, 5.41) is 11.2. The molecule has 0 fully saturated rings. The van der Waals surface area contributed by atoms with Crippen molar-refractivity contribution in [3.05, 3.63) is 23.8 Å². The number of amides is 1. The van der Waals surface area contributed by atoms with E-state index in [4.69, 9.17) is 9.47 Å². The van der Waals surface area contributed by atoms with Crippen LogP contribution in [0.15, 0.2) is 22.5 Å². The molecular weight excluding hydrogens is 310 g/mol. The summed E-state index contributed by atoms with van der Waals surface area (Å²) < 4.78 is 11.3. The quantitative estimate of drug-likeness (QED) is 0.673. The van der Waals surface area contributed by atoms with Crippen molar-refractivity contribution in [3.63, 3.8) is 0 Å². The van der Waals surface area contributed by atoms with Crippen molar-refractivity contribution in [3.8, 4) is 11.5 Å². The maximum atomic E-state index is 12.2. The smallest absolute Gasteiger partial charge is 0.257 e. The largest absolute Gasteiger partial charge is 0.454 e. The molecule has 1 aromatic heterocycles. The Hall–Kier alpha value is -1.80. The van der Waals surface area contributed by atoms with E-state index in [0.717, 1.165) is 16.5 Å². The number of hydrogen-bond acceptors (Lipinski definition) is 7. The number of nitrogens with one attached hydrogen (secondary N) is 1. The van der Waals surface area contributed by atoms with E-state index in [-0.39, 0.29) is 12.7 Å². The summed E-state index contributed by atoms with van der Waals surface area (Å²) in [6, 6.07) is 5.07. The van der Waals surface area contributed by atoms with Crippen LogP contribution in [-0.2, 0) is 0 Å². The molecule has 1 aliphatic rings. The Morgan fingerprint density at radius 1 is 1.38 bits per heavy atom. The molecular formula is C13H13N3O3S2. The van der Waals surface area contributed by atoms with E-state index in [0.29, 0.717) is 22.2 Å². The van der Waals surface area contributed by atoms with E-state index < -0.39 is 0 Å². The maximum Gasteiger partial charge on any atom is 0.257 e. The standard InChI is InChI=1S/C13H13N3O3S2/c1-2-5-20-13-16-15-12(21-13)14-11(17)8-3-4-9-10(6-8)19-7-18-9/h3-4,6H,2,5,7H2,1H3,(H,14,15,17). The predicted molar refractivity (Wildman–Crippen MR) is 81.4 cm³/mol. The number of rotatable bonds is 5. The SMILES string of the molecule is CCCSc1nnc(NC(=O)c2ccc3c(c2)OCO3)s1. The Morgan fingerprint density at radius 2 is 2.24 bits per heavy atom. The second-order valence-corrected chi connectivity index (χ2v) is 6.56. The van der Waals surface area contributed by atoms with E-state index in [1.165, 1.54) is 11.3 Å². The summed E-state index contributed by atoms with van der Waals surface area (Å²) in [6.07, 6.45) is 1.07. The number of anilines is 1. The fourth-order valence-electron chi connectivity index (χ4n) is 1.72. The summed E-state index contributed by atoms with van der Waals surface area (Å²) >= 11 is 3.01. The van der Waals surface area contributed by atoms with Crippen LogP contribution in [0.2, 0.25) is 0 Å². The lowest BCUT2D eigenvalue weighted by Gasteiger charge is -2.02. The van der Waals surface area contributed by atoms with Crippen LogP contribution in [0.25, 0.3) is 0 Å². The monoisotopic (exact) mass is 323 g/mol. The average Bonchev–Trinajstić information content (AvgIpc) is 3.12. The van der Waals surface area contributed by atoms with Crippen LogP contribution in [0.1, 0.15) is 23.7 Å². The summed E-state index contributed by atoms with van der Waals surface area (Å²) in [7, 11) is 0. The fourth-order valence-corrected chi connectivity index (χ4v) is 3.39. The molecule has 1 aromatic carbocycles. The topological polar surface area (TPSA) is 73.3 Å². The number of carbonyl (C=O) groups excluding carboxylic acids is 1. The number of fused-ring (bicyclic) bond motifs is 1. The van der Waals surface area contributed by atoms with Gasteiger partial charge in [0.1, 0.15) is 0 Å². The van der Waals surface area contributed by atoms with Gasteiger partial charge in [0.25, 0.3) is 5.91 Å². The van der Waals surface area contributed by atoms with Crippen molar-refractivity contribution >= 4 is 34.1 Å². The molecule has 6 nitrogen and oxygen atoms in total. The highest BCUT2D eigenvalue weighted by Crippen LogP contribution is 2.33. The number of thioether (sulfide) groups is 1. The molecule has 0 atom stereocenters. The minimum Gasteiger partial charge on any atom is -0.454 e. The lowest BCUT2D eigenvalue weighted by molar-refractivity contribution is 0.102. The molecule has 2 heterocycles. The normalized spacial score (nSPS) is 12.4. The fraction of sp³-hybridized carbons (Fsp3) is 0.308. The second-order valence-electron chi connectivity index (χ2n) is 4.24. The lowest BCUT2D eigenvalue weighted by atomic mass is 10.2. The van der Waals surface area contributed by atoms with Gasteiger partial charge in [-0.15, -0.1) is 10.2 Å². The average molecular weight is 323 g/mol. The van der Waals surface area contributed by atoms with Crippen molar-refractivity contribution in [2.45, 2.75) is 17.7 Å². The Balaban J connectivity index is 1.67. The third kappa shape index (κ3) is 3.27. The molecule has 0 unspecified atom stereocenters. The van der Waals surface area contributed by atoms with Crippen molar-refractivity contribution < 1.29 is 14.3 Å². The first-order chi connectivity index (χ1) is 10.3. The Kier molecular flexibility index (Phi) is 4.26. The van der Waals surface area contributed by atoms with Gasteiger partial charge in [-0.3, -0.25) is 10.1 Å². The molecule has 1 N–H and O–H groups in total. The van der Waals surface area contributed by atoms with Gasteiger partial charge in [0, 0.05) is 11.3 Å². The molecule has 1 aliphatic heterocycles. The van der Waals surface area contributed by atoms with E-state index in [9.17, 15) is 4.79 Å². The number of hydrogen-bond donors (Lipinski definition) is 1. The zero-order valence-electron chi connectivity index (χ0n) is 11.3. The van der Waals surface area contributed by atoms with Gasteiger partial charge in [0.05, 0.1) is 0 Å². The summed E-state index contributed by atoms with van der Waals surface area (Å²) in [4.78, 5) is 12.2. The first-order valence-electron chi connectivity index (χ1n) is 6.43. The molecule has 0 spiro atoms. The molecule has 0 bridgehead atoms. The minimum absolute atomic E-state index is 0.189. The van der Waals surface area contributed by atoms with Crippen molar-refractivity contribution in [2.24, 2.45) is 0 Å². The first kappa shape index (κ1) is 14.2. The van der Waals surface area contributed by atoms with Crippen molar-refractivity contribution in [1.82, 2.24) is 10.2 Å². The van der Waals surface area contributed by atoms with Gasteiger partial charge in [-0.2, -0.15) is 0 Å². The molecule has 0 saturated heterocycles. The molecule has 1 amide bonds. The van der Waals surface area contributed by atoms with Crippen LogP contribution in [0.4, 0.5) is 5.13 Å². The van der Waals surface area contributed by atoms with Gasteiger partial charge in [0.2, 0.25) is 11.9 Å². The van der Waals surface area contributed by atoms with Crippen LogP contribution < -0.4 is 14.8 Å². The summed E-state index contributed by atoms with van der Waals surface area (Å²) in [5.41, 5.74) is 0.497.